The largest absolute Gasteiger partial charge is 0.298 e. The third-order valence-electron chi connectivity index (χ3n) is 1.41. The third-order valence-corrected chi connectivity index (χ3v) is 1.41. The van der Waals surface area contributed by atoms with Crippen LogP contribution in [0.1, 0.15) is 12.5 Å². The number of rotatable bonds is 1. The Morgan fingerprint density at radius 2 is 1.90 bits per heavy atom. The summed E-state index contributed by atoms with van der Waals surface area (Å²) in [6.07, 6.45) is 0.870. The van der Waals surface area contributed by atoms with E-state index < -0.39 is 0 Å². The fraction of sp³-hybridized carbons (Fsp3) is 0.111. The molecule has 1 rings (SSSR count). The van der Waals surface area contributed by atoms with Crippen LogP contribution in [0.3, 0.4) is 0 Å². The van der Waals surface area contributed by atoms with Crippen molar-refractivity contribution in [2.75, 3.05) is 0 Å². The van der Waals surface area contributed by atoms with E-state index in [0.717, 1.165) is 17.4 Å². The highest BCUT2D eigenvalue weighted by molar-refractivity contribution is 5.61. The maximum absolute atomic E-state index is 10.3. The van der Waals surface area contributed by atoms with E-state index in [1.807, 2.05) is 37.3 Å². The predicted octanol–water partition coefficient (Wildman–Crippen LogP) is 2.48. The molecule has 0 N–H and O–H groups in total. The van der Waals surface area contributed by atoms with Gasteiger partial charge in [-0.3, -0.25) is 5.11 Å². The van der Waals surface area contributed by atoms with Crippen LogP contribution >= 0.6 is 0 Å². The van der Waals surface area contributed by atoms with E-state index in [1.165, 1.54) is 0 Å². The van der Waals surface area contributed by atoms with E-state index in [0.29, 0.717) is 0 Å². The number of hydrogen-bond acceptors (Lipinski definition) is 0. The van der Waals surface area contributed by atoms with Gasteiger partial charge >= 0.3 is 0 Å². The van der Waals surface area contributed by atoms with Crippen molar-refractivity contribution in [2.45, 2.75) is 6.92 Å². The first-order valence-corrected chi connectivity index (χ1v) is 3.19. The van der Waals surface area contributed by atoms with Crippen molar-refractivity contribution in [3.8, 4) is 0 Å². The maximum atomic E-state index is 10.3. The first kappa shape index (κ1) is 6.87. The molecule has 1 heteroatoms. The molecule has 1 aromatic rings. The SMILES string of the molecule is CC(=C[O])c1ccccc1. The van der Waals surface area contributed by atoms with E-state index in [4.69, 9.17) is 0 Å². The van der Waals surface area contributed by atoms with Gasteiger partial charge in [0.1, 0.15) is 6.26 Å². The van der Waals surface area contributed by atoms with Gasteiger partial charge < -0.3 is 0 Å². The average Bonchev–Trinajstić information content (AvgIpc) is 2.05. The van der Waals surface area contributed by atoms with E-state index in [1.54, 1.807) is 0 Å². The Kier molecular flexibility index (Phi) is 2.11. The fourth-order valence-corrected chi connectivity index (χ4v) is 0.769. The van der Waals surface area contributed by atoms with Crippen molar-refractivity contribution in [3.63, 3.8) is 0 Å². The van der Waals surface area contributed by atoms with Crippen LogP contribution in [-0.2, 0) is 5.11 Å². The van der Waals surface area contributed by atoms with Crippen molar-refractivity contribution in [1.82, 2.24) is 0 Å². The molecule has 0 fully saturated rings. The molecule has 1 aromatic carbocycles. The van der Waals surface area contributed by atoms with Gasteiger partial charge in [0.2, 0.25) is 0 Å². The molecule has 1 radical (unpaired) electrons. The molecule has 0 aliphatic rings. The Morgan fingerprint density at radius 1 is 1.30 bits per heavy atom. The molecule has 0 saturated carbocycles. The van der Waals surface area contributed by atoms with Gasteiger partial charge in [0, 0.05) is 0 Å². The quantitative estimate of drug-likeness (QED) is 0.524. The molecule has 0 aliphatic heterocycles. The molecule has 0 atom stereocenters. The van der Waals surface area contributed by atoms with Crippen molar-refractivity contribution in [3.05, 3.63) is 42.2 Å². The third kappa shape index (κ3) is 1.38. The van der Waals surface area contributed by atoms with Crippen molar-refractivity contribution < 1.29 is 5.11 Å². The summed E-state index contributed by atoms with van der Waals surface area (Å²) < 4.78 is 0. The van der Waals surface area contributed by atoms with Gasteiger partial charge in [0.25, 0.3) is 0 Å². The van der Waals surface area contributed by atoms with Crippen molar-refractivity contribution in [1.29, 1.82) is 0 Å². The predicted molar refractivity (Wildman–Crippen MR) is 40.8 cm³/mol. The minimum absolute atomic E-state index is 0.778. The Balaban J connectivity index is 2.96. The molecule has 0 aromatic heterocycles. The standard InChI is InChI=1S/C9H9O/c1-8(7-10)9-5-3-2-4-6-9/h2-7H,1H3. The first-order valence-electron chi connectivity index (χ1n) is 3.19. The molecule has 0 amide bonds. The van der Waals surface area contributed by atoms with Crippen LogP contribution < -0.4 is 0 Å². The van der Waals surface area contributed by atoms with Crippen LogP contribution in [0.15, 0.2) is 36.6 Å². The zero-order valence-electron chi connectivity index (χ0n) is 5.87. The van der Waals surface area contributed by atoms with Crippen LogP contribution in [0.25, 0.3) is 5.57 Å². The van der Waals surface area contributed by atoms with E-state index in [9.17, 15) is 5.11 Å². The summed E-state index contributed by atoms with van der Waals surface area (Å²) in [6.45, 7) is 1.81. The lowest BCUT2D eigenvalue weighted by molar-refractivity contribution is 0.353. The van der Waals surface area contributed by atoms with Gasteiger partial charge in [0.05, 0.1) is 0 Å². The van der Waals surface area contributed by atoms with E-state index >= 15 is 0 Å². The van der Waals surface area contributed by atoms with Gasteiger partial charge in [-0.1, -0.05) is 30.3 Å². The second-order valence-corrected chi connectivity index (χ2v) is 2.17. The van der Waals surface area contributed by atoms with E-state index in [2.05, 4.69) is 0 Å². The Bertz CT molecular complexity index is 224. The zero-order chi connectivity index (χ0) is 7.40. The van der Waals surface area contributed by atoms with Crippen LogP contribution in [0.5, 0.6) is 0 Å². The molecule has 0 spiro atoms. The monoisotopic (exact) mass is 133 g/mol. The number of hydrogen-bond donors (Lipinski definition) is 0. The molecule has 10 heavy (non-hydrogen) atoms. The molecule has 0 unspecified atom stereocenters. The topological polar surface area (TPSA) is 19.9 Å². The van der Waals surface area contributed by atoms with Crippen LogP contribution in [0.2, 0.25) is 0 Å². The molecule has 0 saturated heterocycles. The Hall–Kier alpha value is -1.24. The maximum Gasteiger partial charge on any atom is 0.146 e. The van der Waals surface area contributed by atoms with Crippen LogP contribution in [0.4, 0.5) is 0 Å². The Labute approximate surface area is 60.6 Å². The number of benzene rings is 1. The number of allylic oxidation sites excluding steroid dienone is 1. The summed E-state index contributed by atoms with van der Waals surface area (Å²) in [7, 11) is 0. The lowest BCUT2D eigenvalue weighted by atomic mass is 10.1. The lowest BCUT2D eigenvalue weighted by Crippen LogP contribution is -1.75. The molecular formula is C9H9O. The normalized spacial score (nSPS) is 11.5. The summed E-state index contributed by atoms with van der Waals surface area (Å²) in [5.74, 6) is 0. The van der Waals surface area contributed by atoms with Crippen LogP contribution in [0, 0.1) is 0 Å². The molecule has 1 nitrogen and oxygen atoms in total. The second kappa shape index (κ2) is 3.06. The summed E-state index contributed by atoms with van der Waals surface area (Å²) in [5.41, 5.74) is 1.78. The fourth-order valence-electron chi connectivity index (χ4n) is 0.769. The van der Waals surface area contributed by atoms with Crippen LogP contribution in [-0.4, -0.2) is 0 Å². The zero-order valence-corrected chi connectivity index (χ0v) is 5.87. The van der Waals surface area contributed by atoms with Crippen molar-refractivity contribution >= 4 is 5.57 Å². The minimum Gasteiger partial charge on any atom is -0.298 e. The highest BCUT2D eigenvalue weighted by atomic mass is 16.2. The van der Waals surface area contributed by atoms with Gasteiger partial charge in [-0.2, -0.15) is 0 Å². The second-order valence-electron chi connectivity index (χ2n) is 2.17. The average molecular weight is 133 g/mol. The Morgan fingerprint density at radius 3 is 2.40 bits per heavy atom. The van der Waals surface area contributed by atoms with Gasteiger partial charge in [0.15, 0.2) is 0 Å². The summed E-state index contributed by atoms with van der Waals surface area (Å²) in [5, 5.41) is 10.3. The summed E-state index contributed by atoms with van der Waals surface area (Å²) in [6, 6.07) is 9.61. The highest BCUT2D eigenvalue weighted by Gasteiger charge is 1.91. The smallest absolute Gasteiger partial charge is 0.146 e. The highest BCUT2D eigenvalue weighted by Crippen LogP contribution is 2.10. The molecule has 51 valence electrons. The molecular weight excluding hydrogens is 124 g/mol. The van der Waals surface area contributed by atoms with Gasteiger partial charge in [-0.15, -0.1) is 0 Å². The lowest BCUT2D eigenvalue weighted by Gasteiger charge is -1.95. The molecule has 0 heterocycles. The summed E-state index contributed by atoms with van der Waals surface area (Å²) >= 11 is 0. The molecule has 0 aliphatic carbocycles. The van der Waals surface area contributed by atoms with E-state index in [-0.39, 0.29) is 0 Å². The van der Waals surface area contributed by atoms with Crippen molar-refractivity contribution in [2.24, 2.45) is 0 Å². The molecule has 0 bridgehead atoms. The van der Waals surface area contributed by atoms with Gasteiger partial charge in [-0.25, -0.2) is 0 Å². The minimum atomic E-state index is 0.778. The van der Waals surface area contributed by atoms with Gasteiger partial charge in [-0.05, 0) is 18.1 Å². The first-order chi connectivity index (χ1) is 4.84. The summed E-state index contributed by atoms with van der Waals surface area (Å²) in [4.78, 5) is 0.